The van der Waals surface area contributed by atoms with Crippen LogP contribution in [0.25, 0.3) is 0 Å². The maximum absolute atomic E-state index is 13.0. The molecular weight excluding hydrogens is 336 g/mol. The van der Waals surface area contributed by atoms with Crippen LogP contribution in [-0.4, -0.2) is 6.61 Å². The van der Waals surface area contributed by atoms with Crippen LogP contribution in [0.5, 0.6) is 5.75 Å². The Morgan fingerprint density at radius 3 is 2.21 bits per heavy atom. The van der Waals surface area contributed by atoms with Crippen molar-refractivity contribution in [1.82, 2.24) is 0 Å². The molecule has 0 spiro atoms. The molecule has 14 heavy (non-hydrogen) atoms. The summed E-state index contributed by atoms with van der Waals surface area (Å²) in [4.78, 5) is 0. The molecule has 78 valence electrons. The Morgan fingerprint density at radius 1 is 1.14 bits per heavy atom. The van der Waals surface area contributed by atoms with Crippen molar-refractivity contribution in [3.05, 3.63) is 26.6 Å². The monoisotopic (exact) mass is 336 g/mol. The minimum Gasteiger partial charge on any atom is -0.432 e. The lowest BCUT2D eigenvalue weighted by Gasteiger charge is -2.08. The number of hydrogen-bond acceptors (Lipinski definition) is 1. The van der Waals surface area contributed by atoms with Gasteiger partial charge >= 0.3 is 6.61 Å². The van der Waals surface area contributed by atoms with Crippen LogP contribution in [0.3, 0.4) is 0 Å². The van der Waals surface area contributed by atoms with E-state index in [0.717, 1.165) is 6.07 Å². The second-order valence-electron chi connectivity index (χ2n) is 2.18. The lowest BCUT2D eigenvalue weighted by atomic mass is 10.3. The molecule has 0 unspecified atom stereocenters. The van der Waals surface area contributed by atoms with Crippen LogP contribution in [0.4, 0.5) is 17.6 Å². The van der Waals surface area contributed by atoms with Gasteiger partial charge in [-0.05, 0) is 31.9 Å². The van der Waals surface area contributed by atoms with Crippen LogP contribution in [0.15, 0.2) is 15.0 Å². The Labute approximate surface area is 93.3 Å². The first-order valence-electron chi connectivity index (χ1n) is 3.21. The summed E-state index contributed by atoms with van der Waals surface area (Å²) in [5, 5.41) is 0. The zero-order valence-corrected chi connectivity index (χ0v) is 9.50. The van der Waals surface area contributed by atoms with Crippen LogP contribution in [0.1, 0.15) is 0 Å². The summed E-state index contributed by atoms with van der Waals surface area (Å²) >= 11 is 5.29. The zero-order valence-electron chi connectivity index (χ0n) is 6.33. The van der Waals surface area contributed by atoms with Crippen molar-refractivity contribution in [3.63, 3.8) is 0 Å². The lowest BCUT2D eigenvalue weighted by Crippen LogP contribution is -2.04. The standard InChI is InChI=1S/C7H2Br2F4O/c8-2-1-3(14-7(12)13)6(11)4(9)5(2)10/h1,7H. The Balaban J connectivity index is 3.19. The highest BCUT2D eigenvalue weighted by Gasteiger charge is 2.18. The predicted octanol–water partition coefficient (Wildman–Crippen LogP) is 4.09. The average Bonchev–Trinajstić information content (AvgIpc) is 2.10. The summed E-state index contributed by atoms with van der Waals surface area (Å²) < 4.78 is 52.6. The molecule has 0 aliphatic carbocycles. The van der Waals surface area contributed by atoms with Gasteiger partial charge in [-0.15, -0.1) is 0 Å². The summed E-state index contributed by atoms with van der Waals surface area (Å²) in [5.74, 6) is -2.84. The SMILES string of the molecule is Fc1c(Br)cc(OC(F)F)c(F)c1Br. The molecule has 0 aromatic heterocycles. The average molecular weight is 338 g/mol. The second kappa shape index (κ2) is 4.48. The van der Waals surface area contributed by atoms with Crippen LogP contribution < -0.4 is 4.74 Å². The second-order valence-corrected chi connectivity index (χ2v) is 3.82. The van der Waals surface area contributed by atoms with Gasteiger partial charge in [0.1, 0.15) is 0 Å². The van der Waals surface area contributed by atoms with Crippen molar-refractivity contribution in [2.24, 2.45) is 0 Å². The van der Waals surface area contributed by atoms with Gasteiger partial charge in [-0.25, -0.2) is 8.78 Å². The van der Waals surface area contributed by atoms with Gasteiger partial charge in [0.25, 0.3) is 0 Å². The van der Waals surface area contributed by atoms with Gasteiger partial charge in [-0.2, -0.15) is 8.78 Å². The minimum absolute atomic E-state index is 0.165. The van der Waals surface area contributed by atoms with Crippen LogP contribution in [-0.2, 0) is 0 Å². The summed E-state index contributed by atoms with van der Waals surface area (Å²) in [7, 11) is 0. The fourth-order valence-corrected chi connectivity index (χ4v) is 1.81. The Bertz CT molecular complexity index is 356. The molecular formula is C7H2Br2F4O. The predicted molar refractivity (Wildman–Crippen MR) is 48.4 cm³/mol. The van der Waals surface area contributed by atoms with Gasteiger partial charge in [0, 0.05) is 6.07 Å². The van der Waals surface area contributed by atoms with E-state index in [4.69, 9.17) is 0 Å². The normalized spacial score (nSPS) is 10.8. The van der Waals surface area contributed by atoms with E-state index in [2.05, 4.69) is 36.6 Å². The van der Waals surface area contributed by atoms with Gasteiger partial charge in [0.05, 0.1) is 8.95 Å². The molecule has 0 atom stereocenters. The van der Waals surface area contributed by atoms with E-state index in [9.17, 15) is 17.6 Å². The van der Waals surface area contributed by atoms with Gasteiger partial charge in [0.15, 0.2) is 17.4 Å². The molecule has 1 rings (SSSR count). The Hall–Kier alpha value is -0.300. The topological polar surface area (TPSA) is 9.23 Å². The molecule has 0 aliphatic heterocycles. The van der Waals surface area contributed by atoms with Gasteiger partial charge in [-0.3, -0.25) is 0 Å². The van der Waals surface area contributed by atoms with E-state index < -0.39 is 28.5 Å². The van der Waals surface area contributed by atoms with Crippen molar-refractivity contribution in [1.29, 1.82) is 0 Å². The highest BCUT2D eigenvalue weighted by atomic mass is 79.9. The third-order valence-electron chi connectivity index (χ3n) is 1.29. The van der Waals surface area contributed by atoms with Gasteiger partial charge < -0.3 is 4.74 Å². The van der Waals surface area contributed by atoms with E-state index in [1.54, 1.807) is 0 Å². The zero-order chi connectivity index (χ0) is 10.9. The number of hydrogen-bond donors (Lipinski definition) is 0. The lowest BCUT2D eigenvalue weighted by molar-refractivity contribution is -0.0523. The highest BCUT2D eigenvalue weighted by Crippen LogP contribution is 2.33. The molecule has 0 amide bonds. The first kappa shape index (κ1) is 11.8. The van der Waals surface area contributed by atoms with Gasteiger partial charge in [0.2, 0.25) is 0 Å². The van der Waals surface area contributed by atoms with E-state index in [0.29, 0.717) is 0 Å². The van der Waals surface area contributed by atoms with Crippen molar-refractivity contribution >= 4 is 31.9 Å². The molecule has 0 saturated carbocycles. The first-order valence-corrected chi connectivity index (χ1v) is 4.80. The van der Waals surface area contributed by atoms with E-state index in [-0.39, 0.29) is 4.47 Å². The van der Waals surface area contributed by atoms with Crippen molar-refractivity contribution in [3.8, 4) is 5.75 Å². The number of rotatable bonds is 2. The molecule has 7 heteroatoms. The largest absolute Gasteiger partial charge is 0.432 e. The molecule has 0 saturated heterocycles. The molecule has 0 radical (unpaired) electrons. The summed E-state index contributed by atoms with van der Waals surface area (Å²) in [5.41, 5.74) is 0. The van der Waals surface area contributed by atoms with Crippen molar-refractivity contribution < 1.29 is 22.3 Å². The van der Waals surface area contributed by atoms with Crippen LogP contribution in [0.2, 0.25) is 0 Å². The highest BCUT2D eigenvalue weighted by molar-refractivity contribution is 9.11. The maximum Gasteiger partial charge on any atom is 0.387 e. The minimum atomic E-state index is -3.16. The molecule has 0 aliphatic rings. The maximum atomic E-state index is 13.0. The van der Waals surface area contributed by atoms with Crippen molar-refractivity contribution in [2.75, 3.05) is 0 Å². The summed E-state index contributed by atoms with van der Waals surface area (Å²) in [6.45, 7) is -3.16. The van der Waals surface area contributed by atoms with E-state index in [1.807, 2.05) is 0 Å². The summed E-state index contributed by atoms with van der Waals surface area (Å²) in [6, 6.07) is 0.793. The van der Waals surface area contributed by atoms with E-state index >= 15 is 0 Å². The van der Waals surface area contributed by atoms with Crippen LogP contribution in [0, 0.1) is 11.6 Å². The molecule has 1 nitrogen and oxygen atoms in total. The third kappa shape index (κ3) is 2.38. The Morgan fingerprint density at radius 2 is 1.71 bits per heavy atom. The molecule has 1 aromatic carbocycles. The fourth-order valence-electron chi connectivity index (χ4n) is 0.733. The molecule has 0 bridgehead atoms. The van der Waals surface area contributed by atoms with E-state index in [1.165, 1.54) is 0 Å². The van der Waals surface area contributed by atoms with Crippen molar-refractivity contribution in [2.45, 2.75) is 6.61 Å². The summed E-state index contributed by atoms with van der Waals surface area (Å²) in [6.07, 6.45) is 0. The molecule has 1 aromatic rings. The number of halogens is 6. The van der Waals surface area contributed by atoms with Crippen LogP contribution >= 0.6 is 31.9 Å². The number of alkyl halides is 2. The smallest absolute Gasteiger partial charge is 0.387 e. The molecule has 0 fully saturated rings. The number of benzene rings is 1. The number of ether oxygens (including phenoxy) is 1. The Kier molecular flexibility index (Phi) is 3.77. The third-order valence-corrected chi connectivity index (χ3v) is 2.56. The van der Waals surface area contributed by atoms with Gasteiger partial charge in [-0.1, -0.05) is 0 Å². The first-order chi connectivity index (χ1) is 6.43. The molecule has 0 N–H and O–H groups in total. The quantitative estimate of drug-likeness (QED) is 0.448. The fraction of sp³-hybridized carbons (Fsp3) is 0.143. The molecule has 0 heterocycles.